The maximum absolute atomic E-state index is 10.1. The summed E-state index contributed by atoms with van der Waals surface area (Å²) in [6.45, 7) is 2.16. The lowest BCUT2D eigenvalue weighted by Crippen LogP contribution is -2.24. The van der Waals surface area contributed by atoms with E-state index in [9.17, 15) is 4.21 Å². The van der Waals surface area contributed by atoms with Crippen LogP contribution in [0.4, 0.5) is 0 Å². The fourth-order valence-corrected chi connectivity index (χ4v) is 0.939. The van der Waals surface area contributed by atoms with Crippen LogP contribution in [0.1, 0.15) is 6.42 Å². The molecule has 0 radical (unpaired) electrons. The van der Waals surface area contributed by atoms with E-state index in [0.717, 1.165) is 19.5 Å². The van der Waals surface area contributed by atoms with Crippen molar-refractivity contribution < 1.29 is 8.76 Å². The molecule has 5 heteroatoms. The van der Waals surface area contributed by atoms with E-state index in [2.05, 4.69) is 5.32 Å². The summed E-state index contributed by atoms with van der Waals surface area (Å²) < 4.78 is 18.4. The van der Waals surface area contributed by atoms with Crippen molar-refractivity contribution in [2.45, 2.75) is 6.42 Å². The van der Waals surface area contributed by atoms with Crippen LogP contribution in [-0.2, 0) is 11.1 Å². The van der Waals surface area contributed by atoms with Crippen LogP contribution in [0.3, 0.4) is 0 Å². The van der Waals surface area contributed by atoms with Crippen molar-refractivity contribution in [1.29, 1.82) is 0 Å². The third-order valence-electron chi connectivity index (χ3n) is 0.994. The van der Waals surface area contributed by atoms with E-state index in [1.165, 1.54) is 0 Å². The van der Waals surface area contributed by atoms with Crippen LogP contribution >= 0.6 is 0 Å². The van der Waals surface area contributed by atoms with Crippen molar-refractivity contribution in [2.24, 2.45) is 5.73 Å². The van der Waals surface area contributed by atoms with Crippen molar-refractivity contribution in [3.63, 3.8) is 0 Å². The molecule has 1 atom stereocenters. The van der Waals surface area contributed by atoms with Gasteiger partial charge in [0.1, 0.15) is 0 Å². The summed E-state index contributed by atoms with van der Waals surface area (Å²) in [7, 11) is 0. The Hall–Kier alpha value is 0.0300. The van der Waals surface area contributed by atoms with Gasteiger partial charge in [-0.15, -0.1) is 0 Å². The minimum absolute atomic E-state index is 0.345. The van der Waals surface area contributed by atoms with Gasteiger partial charge in [-0.1, -0.05) is 0 Å². The van der Waals surface area contributed by atoms with Gasteiger partial charge in [0, 0.05) is 13.1 Å². The highest BCUT2D eigenvalue weighted by Gasteiger charge is 1.91. The fraction of sp³-hybridized carbons (Fsp3) is 1.00. The number of hydrogen-bond donors (Lipinski definition) is 3. The smallest absolute Gasteiger partial charge is 0.152 e. The zero-order chi connectivity index (χ0) is 7.82. The average Bonchev–Trinajstić information content (AvgIpc) is 1.87. The maximum Gasteiger partial charge on any atom is 0.152 e. The van der Waals surface area contributed by atoms with Gasteiger partial charge in [0.2, 0.25) is 0 Å². The number of nitrogens with two attached hydrogens (primary N) is 1. The number of nitrogens with one attached hydrogen (secondary N) is 1. The standard InChI is InChI=1S/C5H14N2O2S/c6-2-4-7-3-1-5-10(8)9/h7H,1-6H2,(H,8,9). The zero-order valence-corrected chi connectivity index (χ0v) is 6.69. The molecular formula is C5H14N2O2S. The molecule has 0 bridgehead atoms. The largest absolute Gasteiger partial charge is 0.329 e. The molecule has 0 aliphatic heterocycles. The van der Waals surface area contributed by atoms with E-state index in [0.29, 0.717) is 12.3 Å². The minimum atomic E-state index is -1.64. The molecule has 0 aromatic heterocycles. The zero-order valence-electron chi connectivity index (χ0n) is 5.88. The molecule has 0 aromatic rings. The van der Waals surface area contributed by atoms with Gasteiger partial charge in [0.15, 0.2) is 11.1 Å². The Morgan fingerprint density at radius 3 is 2.70 bits per heavy atom. The molecule has 10 heavy (non-hydrogen) atoms. The van der Waals surface area contributed by atoms with Gasteiger partial charge in [-0.05, 0) is 13.0 Å². The van der Waals surface area contributed by atoms with Crippen LogP contribution in [0, 0.1) is 0 Å². The first-order valence-electron chi connectivity index (χ1n) is 3.25. The predicted molar refractivity (Wildman–Crippen MR) is 42.2 cm³/mol. The van der Waals surface area contributed by atoms with Gasteiger partial charge in [0.05, 0.1) is 5.75 Å². The third-order valence-corrected chi connectivity index (χ3v) is 1.63. The van der Waals surface area contributed by atoms with E-state index >= 15 is 0 Å². The van der Waals surface area contributed by atoms with Crippen LogP contribution in [0.25, 0.3) is 0 Å². The van der Waals surface area contributed by atoms with E-state index in [1.54, 1.807) is 0 Å². The second-order valence-electron chi connectivity index (χ2n) is 1.92. The minimum Gasteiger partial charge on any atom is -0.329 e. The number of rotatable bonds is 6. The number of hydrogen-bond acceptors (Lipinski definition) is 3. The van der Waals surface area contributed by atoms with Gasteiger partial charge in [-0.3, -0.25) is 0 Å². The van der Waals surface area contributed by atoms with E-state index < -0.39 is 11.1 Å². The van der Waals surface area contributed by atoms with Gasteiger partial charge >= 0.3 is 0 Å². The summed E-state index contributed by atoms with van der Waals surface area (Å²) in [5.74, 6) is 0.345. The first-order chi connectivity index (χ1) is 4.77. The van der Waals surface area contributed by atoms with Crippen LogP contribution in [0.5, 0.6) is 0 Å². The van der Waals surface area contributed by atoms with E-state index in [4.69, 9.17) is 10.3 Å². The van der Waals surface area contributed by atoms with Crippen LogP contribution in [-0.4, -0.2) is 34.1 Å². The SMILES string of the molecule is NCCNCCCS(=O)O. The summed E-state index contributed by atoms with van der Waals surface area (Å²) >= 11 is -1.64. The van der Waals surface area contributed by atoms with Gasteiger partial charge in [-0.2, -0.15) is 0 Å². The molecule has 0 heterocycles. The summed E-state index contributed by atoms with van der Waals surface area (Å²) in [6, 6.07) is 0. The van der Waals surface area contributed by atoms with Crippen molar-refractivity contribution in [3.05, 3.63) is 0 Å². The lowest BCUT2D eigenvalue weighted by molar-refractivity contribution is 0.559. The molecule has 0 aliphatic rings. The lowest BCUT2D eigenvalue weighted by atomic mass is 10.5. The van der Waals surface area contributed by atoms with Crippen molar-refractivity contribution in [3.8, 4) is 0 Å². The summed E-state index contributed by atoms with van der Waals surface area (Å²) in [4.78, 5) is 0. The summed E-state index contributed by atoms with van der Waals surface area (Å²) in [5, 5.41) is 3.02. The first-order valence-corrected chi connectivity index (χ1v) is 4.53. The highest BCUT2D eigenvalue weighted by Crippen LogP contribution is 1.79. The normalized spacial score (nSPS) is 13.4. The highest BCUT2D eigenvalue weighted by atomic mass is 32.2. The van der Waals surface area contributed by atoms with Crippen LogP contribution in [0.15, 0.2) is 0 Å². The molecule has 0 fully saturated rings. The molecule has 4 nitrogen and oxygen atoms in total. The first kappa shape index (κ1) is 10.0. The second-order valence-corrected chi connectivity index (χ2v) is 2.97. The fourth-order valence-electron chi connectivity index (χ4n) is 0.548. The van der Waals surface area contributed by atoms with Crippen molar-refractivity contribution in [1.82, 2.24) is 5.32 Å². The molecule has 0 aliphatic carbocycles. The quantitative estimate of drug-likeness (QED) is 0.355. The lowest BCUT2D eigenvalue weighted by Gasteiger charge is -1.99. The highest BCUT2D eigenvalue weighted by molar-refractivity contribution is 7.79. The monoisotopic (exact) mass is 166 g/mol. The van der Waals surface area contributed by atoms with Crippen molar-refractivity contribution in [2.75, 3.05) is 25.4 Å². The summed E-state index contributed by atoms with van der Waals surface area (Å²) in [5.41, 5.74) is 5.20. The Kier molecular flexibility index (Phi) is 7.16. The molecular weight excluding hydrogens is 152 g/mol. The Morgan fingerprint density at radius 1 is 1.50 bits per heavy atom. The molecule has 0 saturated carbocycles. The Morgan fingerprint density at radius 2 is 2.20 bits per heavy atom. The van der Waals surface area contributed by atoms with Gasteiger partial charge in [0.25, 0.3) is 0 Å². The molecule has 0 aromatic carbocycles. The maximum atomic E-state index is 10.1. The molecule has 62 valence electrons. The Balaban J connectivity index is 2.84. The average molecular weight is 166 g/mol. The van der Waals surface area contributed by atoms with E-state index in [1.807, 2.05) is 0 Å². The molecule has 0 saturated heterocycles. The molecule has 0 amide bonds. The molecule has 1 unspecified atom stereocenters. The third kappa shape index (κ3) is 8.03. The summed E-state index contributed by atoms with van der Waals surface area (Å²) in [6.07, 6.45) is 0.725. The predicted octanol–water partition coefficient (Wildman–Crippen LogP) is -0.853. The van der Waals surface area contributed by atoms with Crippen LogP contribution in [0.2, 0.25) is 0 Å². The van der Waals surface area contributed by atoms with Crippen molar-refractivity contribution >= 4 is 11.1 Å². The van der Waals surface area contributed by atoms with Gasteiger partial charge in [-0.25, -0.2) is 4.21 Å². The molecule has 0 rings (SSSR count). The van der Waals surface area contributed by atoms with Crippen LogP contribution < -0.4 is 11.1 Å². The Labute approximate surface area is 63.5 Å². The van der Waals surface area contributed by atoms with Gasteiger partial charge < -0.3 is 15.6 Å². The topological polar surface area (TPSA) is 75.3 Å². The molecule has 0 spiro atoms. The second kappa shape index (κ2) is 7.14. The van der Waals surface area contributed by atoms with E-state index in [-0.39, 0.29) is 0 Å². The Bertz CT molecular complexity index is 99.6. The molecule has 4 N–H and O–H groups in total.